The fourth-order valence-corrected chi connectivity index (χ4v) is 3.02. The van der Waals surface area contributed by atoms with Crippen LogP contribution in [0, 0.1) is 18.7 Å². The van der Waals surface area contributed by atoms with Gasteiger partial charge in [0.25, 0.3) is 5.56 Å². The lowest BCUT2D eigenvalue weighted by Crippen LogP contribution is -2.27. The highest BCUT2D eigenvalue weighted by atomic mass is 19.1. The summed E-state index contributed by atoms with van der Waals surface area (Å²) in [5, 5.41) is 3.45. The van der Waals surface area contributed by atoms with Gasteiger partial charge in [0.1, 0.15) is 11.5 Å². The average Bonchev–Trinajstić information content (AvgIpc) is 2.57. The molecule has 0 unspecified atom stereocenters. The van der Waals surface area contributed by atoms with Gasteiger partial charge in [0.2, 0.25) is 0 Å². The number of nitrogens with zero attached hydrogens (tertiary/aromatic N) is 2. The lowest BCUT2D eigenvalue weighted by Gasteiger charge is -2.23. The molecule has 0 aliphatic rings. The predicted octanol–water partition coefficient (Wildman–Crippen LogP) is 3.63. The van der Waals surface area contributed by atoms with E-state index >= 15 is 0 Å². The smallest absolute Gasteiger partial charge is 0.258 e. The molecule has 0 bridgehead atoms. The van der Waals surface area contributed by atoms with Crippen LogP contribution in [0.3, 0.4) is 0 Å². The van der Waals surface area contributed by atoms with E-state index in [0.717, 1.165) is 11.1 Å². The second kappa shape index (κ2) is 7.15. The Bertz CT molecular complexity index is 932. The van der Waals surface area contributed by atoms with Crippen molar-refractivity contribution < 1.29 is 4.39 Å². The summed E-state index contributed by atoms with van der Waals surface area (Å²) in [5.41, 5.74) is 3.26. The summed E-state index contributed by atoms with van der Waals surface area (Å²) in [6, 6.07) is 11.9. The van der Waals surface area contributed by atoms with Crippen molar-refractivity contribution in [3.05, 3.63) is 81.7 Å². The normalized spacial score (nSPS) is 12.7. The molecule has 1 atom stereocenters. The van der Waals surface area contributed by atoms with Crippen LogP contribution in [0.4, 0.5) is 4.39 Å². The molecule has 0 aliphatic heterocycles. The number of aromatic nitrogens is 2. The van der Waals surface area contributed by atoms with E-state index in [1.54, 1.807) is 28.8 Å². The quantitative estimate of drug-likeness (QED) is 0.772. The maximum absolute atomic E-state index is 13.2. The van der Waals surface area contributed by atoms with E-state index < -0.39 is 0 Å². The van der Waals surface area contributed by atoms with Crippen LogP contribution in [0.25, 0.3) is 5.65 Å². The summed E-state index contributed by atoms with van der Waals surface area (Å²) in [7, 11) is 0. The van der Waals surface area contributed by atoms with Crippen LogP contribution in [0.5, 0.6) is 0 Å². The number of benzene rings is 1. The van der Waals surface area contributed by atoms with Crippen molar-refractivity contribution >= 4 is 5.65 Å². The van der Waals surface area contributed by atoms with Crippen molar-refractivity contribution in [1.29, 1.82) is 0 Å². The van der Waals surface area contributed by atoms with Gasteiger partial charge < -0.3 is 5.32 Å². The zero-order valence-corrected chi connectivity index (χ0v) is 14.7. The molecule has 2 heterocycles. The van der Waals surface area contributed by atoms with Crippen molar-refractivity contribution in [1.82, 2.24) is 14.7 Å². The van der Waals surface area contributed by atoms with Crippen LogP contribution in [0.15, 0.2) is 53.5 Å². The van der Waals surface area contributed by atoms with Crippen LogP contribution in [-0.4, -0.2) is 9.38 Å². The molecule has 0 amide bonds. The molecule has 3 rings (SSSR count). The van der Waals surface area contributed by atoms with Gasteiger partial charge >= 0.3 is 0 Å². The van der Waals surface area contributed by atoms with E-state index in [2.05, 4.69) is 24.1 Å². The van der Waals surface area contributed by atoms with Gasteiger partial charge in [-0.25, -0.2) is 9.37 Å². The fourth-order valence-electron chi connectivity index (χ4n) is 3.02. The first-order valence-corrected chi connectivity index (χ1v) is 8.42. The molecule has 0 spiro atoms. The third-order valence-corrected chi connectivity index (χ3v) is 4.34. The average molecular weight is 339 g/mol. The van der Waals surface area contributed by atoms with Gasteiger partial charge in [-0.05, 0) is 42.2 Å². The summed E-state index contributed by atoms with van der Waals surface area (Å²) < 4.78 is 14.7. The Morgan fingerprint density at radius 1 is 1.20 bits per heavy atom. The Morgan fingerprint density at radius 2 is 1.92 bits per heavy atom. The van der Waals surface area contributed by atoms with E-state index in [4.69, 9.17) is 0 Å². The molecule has 4 nitrogen and oxygen atoms in total. The third-order valence-electron chi connectivity index (χ3n) is 4.34. The standard InChI is InChI=1S/C20H22FN3O/c1-13(2)19(15-6-8-16(21)9-7-15)22-12-17-11-18(25)24-10-4-5-14(3)20(24)23-17/h4-11,13,19,22H,12H2,1-3H3/t19-/m0/s1. The first kappa shape index (κ1) is 17.3. The lowest BCUT2D eigenvalue weighted by atomic mass is 9.96. The Kier molecular flexibility index (Phi) is 4.95. The van der Waals surface area contributed by atoms with Gasteiger partial charge in [0.15, 0.2) is 0 Å². The molecular weight excluding hydrogens is 317 g/mol. The van der Waals surface area contributed by atoms with Crippen LogP contribution in [0.2, 0.25) is 0 Å². The number of halogens is 1. The molecule has 2 aromatic heterocycles. The van der Waals surface area contributed by atoms with Gasteiger partial charge in [-0.15, -0.1) is 0 Å². The first-order valence-electron chi connectivity index (χ1n) is 8.42. The van der Waals surface area contributed by atoms with Crippen molar-refractivity contribution in [3.63, 3.8) is 0 Å². The minimum absolute atomic E-state index is 0.0534. The molecule has 3 aromatic rings. The molecule has 0 saturated heterocycles. The highest BCUT2D eigenvalue weighted by Gasteiger charge is 2.16. The highest BCUT2D eigenvalue weighted by Crippen LogP contribution is 2.22. The zero-order valence-electron chi connectivity index (χ0n) is 14.7. The number of hydrogen-bond donors (Lipinski definition) is 1. The predicted molar refractivity (Wildman–Crippen MR) is 97.0 cm³/mol. The zero-order chi connectivity index (χ0) is 18.0. The maximum Gasteiger partial charge on any atom is 0.258 e. The summed E-state index contributed by atoms with van der Waals surface area (Å²) in [6.07, 6.45) is 1.73. The molecule has 0 saturated carbocycles. The summed E-state index contributed by atoms with van der Waals surface area (Å²) >= 11 is 0. The van der Waals surface area contributed by atoms with Crippen molar-refractivity contribution in [2.24, 2.45) is 5.92 Å². The van der Waals surface area contributed by atoms with Gasteiger partial charge in [0, 0.05) is 24.8 Å². The fraction of sp³-hybridized carbons (Fsp3) is 0.300. The summed E-state index contributed by atoms with van der Waals surface area (Å²) in [6.45, 7) is 6.62. The topological polar surface area (TPSA) is 46.4 Å². The van der Waals surface area contributed by atoms with Crippen molar-refractivity contribution in [2.45, 2.75) is 33.4 Å². The van der Waals surface area contributed by atoms with Gasteiger partial charge in [-0.2, -0.15) is 0 Å². The molecule has 0 radical (unpaired) electrons. The maximum atomic E-state index is 13.2. The monoisotopic (exact) mass is 339 g/mol. The highest BCUT2D eigenvalue weighted by molar-refractivity contribution is 5.46. The Labute approximate surface area is 146 Å². The minimum atomic E-state index is -0.244. The number of aryl methyl sites for hydroxylation is 1. The van der Waals surface area contributed by atoms with Crippen molar-refractivity contribution in [3.8, 4) is 0 Å². The lowest BCUT2D eigenvalue weighted by molar-refractivity contribution is 0.408. The largest absolute Gasteiger partial charge is 0.304 e. The molecule has 1 aromatic carbocycles. The van der Waals surface area contributed by atoms with Gasteiger partial charge in [-0.1, -0.05) is 32.0 Å². The molecule has 0 aliphatic carbocycles. The van der Waals surface area contributed by atoms with Crippen LogP contribution in [0.1, 0.15) is 36.7 Å². The second-order valence-corrected chi connectivity index (χ2v) is 6.62. The number of hydrogen-bond acceptors (Lipinski definition) is 3. The Morgan fingerprint density at radius 3 is 2.60 bits per heavy atom. The van der Waals surface area contributed by atoms with E-state index in [1.807, 2.05) is 19.1 Å². The summed E-state index contributed by atoms with van der Waals surface area (Å²) in [5.74, 6) is 0.0692. The molecule has 25 heavy (non-hydrogen) atoms. The molecule has 130 valence electrons. The molecule has 1 N–H and O–H groups in total. The number of rotatable bonds is 5. The van der Waals surface area contributed by atoms with Crippen molar-refractivity contribution in [2.75, 3.05) is 0 Å². The number of pyridine rings is 1. The Hall–Kier alpha value is -2.53. The number of fused-ring (bicyclic) bond motifs is 1. The van der Waals surface area contributed by atoms with Crippen LogP contribution < -0.4 is 10.9 Å². The van der Waals surface area contributed by atoms with E-state index in [-0.39, 0.29) is 17.4 Å². The van der Waals surface area contributed by atoms with Gasteiger partial charge in [-0.3, -0.25) is 9.20 Å². The minimum Gasteiger partial charge on any atom is -0.304 e. The molecule has 0 fully saturated rings. The molecular formula is C20H22FN3O. The van der Waals surface area contributed by atoms with Crippen LogP contribution >= 0.6 is 0 Å². The van der Waals surface area contributed by atoms with E-state index in [0.29, 0.717) is 23.8 Å². The van der Waals surface area contributed by atoms with E-state index in [9.17, 15) is 9.18 Å². The van der Waals surface area contributed by atoms with Crippen LogP contribution in [-0.2, 0) is 6.54 Å². The number of nitrogens with one attached hydrogen (secondary N) is 1. The SMILES string of the molecule is Cc1cccn2c(=O)cc(CN[C@H](c3ccc(F)cc3)C(C)C)nc12. The Balaban J connectivity index is 1.86. The van der Waals surface area contributed by atoms with Gasteiger partial charge in [0.05, 0.1) is 5.69 Å². The first-order chi connectivity index (χ1) is 12.0. The molecule has 5 heteroatoms. The van der Waals surface area contributed by atoms with E-state index in [1.165, 1.54) is 12.1 Å². The summed E-state index contributed by atoms with van der Waals surface area (Å²) in [4.78, 5) is 16.9. The second-order valence-electron chi connectivity index (χ2n) is 6.62. The third kappa shape index (κ3) is 3.77.